The average molecular weight is 357 g/mol. The van der Waals surface area contributed by atoms with Gasteiger partial charge in [-0.05, 0) is 58.2 Å². The summed E-state index contributed by atoms with van der Waals surface area (Å²) in [6.07, 6.45) is 2.67. The van der Waals surface area contributed by atoms with Crippen molar-refractivity contribution < 1.29 is 9.59 Å². The quantitative estimate of drug-likeness (QED) is 0.881. The molecule has 2 saturated heterocycles. The van der Waals surface area contributed by atoms with Crippen LogP contribution in [0.15, 0.2) is 24.3 Å². The number of hydrogen-bond acceptors (Lipinski definition) is 3. The molecule has 142 valence electrons. The lowest BCUT2D eigenvalue weighted by Crippen LogP contribution is -2.44. The van der Waals surface area contributed by atoms with E-state index in [0.29, 0.717) is 24.9 Å². The standard InChI is InChI=1S/C21H31N3O2/c1-15(2)23-10-4-5-17(13-23)12-22-21(26)18-11-20(25)24(14-18)19-8-6-16(3)7-9-19/h6-9,15,17-18H,4-5,10-14H2,1-3H3,(H,22,26)/t17-,18-/m0/s1. The van der Waals surface area contributed by atoms with Gasteiger partial charge in [-0.1, -0.05) is 17.7 Å². The van der Waals surface area contributed by atoms with Crippen LogP contribution >= 0.6 is 0 Å². The number of carbonyl (C=O) groups excluding carboxylic acids is 2. The van der Waals surface area contributed by atoms with Gasteiger partial charge in [0, 0.05) is 37.8 Å². The van der Waals surface area contributed by atoms with Crippen molar-refractivity contribution in [2.75, 3.05) is 31.1 Å². The highest BCUT2D eigenvalue weighted by Gasteiger charge is 2.35. The Kier molecular flexibility index (Phi) is 5.97. The Hall–Kier alpha value is -1.88. The van der Waals surface area contributed by atoms with E-state index in [9.17, 15) is 9.59 Å². The highest BCUT2D eigenvalue weighted by molar-refractivity contribution is 6.00. The van der Waals surface area contributed by atoms with E-state index in [1.54, 1.807) is 4.90 Å². The maximum absolute atomic E-state index is 12.6. The summed E-state index contributed by atoms with van der Waals surface area (Å²) in [6.45, 7) is 9.89. The zero-order valence-electron chi connectivity index (χ0n) is 16.2. The number of amides is 2. The van der Waals surface area contributed by atoms with Gasteiger partial charge in [-0.2, -0.15) is 0 Å². The topological polar surface area (TPSA) is 52.7 Å². The number of carbonyl (C=O) groups is 2. The van der Waals surface area contributed by atoms with Crippen LogP contribution in [0.3, 0.4) is 0 Å². The summed E-state index contributed by atoms with van der Waals surface area (Å²) in [5, 5.41) is 3.11. The Bertz CT molecular complexity index is 641. The van der Waals surface area contributed by atoms with Crippen molar-refractivity contribution in [1.82, 2.24) is 10.2 Å². The SMILES string of the molecule is Cc1ccc(N2C[C@@H](C(=O)NC[C@@H]3CCCN(C(C)C)C3)CC2=O)cc1. The molecule has 3 rings (SSSR count). The molecular weight excluding hydrogens is 326 g/mol. The van der Waals surface area contributed by atoms with Gasteiger partial charge in [-0.25, -0.2) is 0 Å². The van der Waals surface area contributed by atoms with Gasteiger partial charge < -0.3 is 15.1 Å². The average Bonchev–Trinajstić information content (AvgIpc) is 3.02. The lowest BCUT2D eigenvalue weighted by atomic mass is 9.96. The van der Waals surface area contributed by atoms with Crippen LogP contribution in [0.25, 0.3) is 0 Å². The minimum atomic E-state index is -0.242. The second kappa shape index (κ2) is 8.21. The van der Waals surface area contributed by atoms with Gasteiger partial charge in [-0.15, -0.1) is 0 Å². The third-order valence-corrected chi connectivity index (χ3v) is 5.69. The van der Waals surface area contributed by atoms with Crippen LogP contribution in [0, 0.1) is 18.8 Å². The number of rotatable bonds is 5. The zero-order valence-corrected chi connectivity index (χ0v) is 16.2. The summed E-state index contributed by atoms with van der Waals surface area (Å²) in [6, 6.07) is 8.47. The van der Waals surface area contributed by atoms with E-state index < -0.39 is 0 Å². The first-order valence-corrected chi connectivity index (χ1v) is 9.83. The maximum Gasteiger partial charge on any atom is 0.227 e. The molecule has 5 nitrogen and oxygen atoms in total. The van der Waals surface area contributed by atoms with E-state index in [1.165, 1.54) is 12.8 Å². The number of piperidine rings is 1. The largest absolute Gasteiger partial charge is 0.355 e. The van der Waals surface area contributed by atoms with E-state index in [1.807, 2.05) is 31.2 Å². The molecule has 1 N–H and O–H groups in total. The van der Waals surface area contributed by atoms with Gasteiger partial charge in [0.2, 0.25) is 11.8 Å². The van der Waals surface area contributed by atoms with Crippen LogP contribution in [0.1, 0.15) is 38.7 Å². The Morgan fingerprint density at radius 2 is 1.96 bits per heavy atom. The Morgan fingerprint density at radius 1 is 1.23 bits per heavy atom. The molecule has 0 unspecified atom stereocenters. The first kappa shape index (κ1) is 18.9. The normalized spacial score (nSPS) is 24.3. The van der Waals surface area contributed by atoms with Crippen molar-refractivity contribution in [3.8, 4) is 0 Å². The Labute approximate surface area is 156 Å². The van der Waals surface area contributed by atoms with Crippen molar-refractivity contribution >= 4 is 17.5 Å². The van der Waals surface area contributed by atoms with Crippen molar-refractivity contribution in [3.63, 3.8) is 0 Å². The third kappa shape index (κ3) is 4.44. The van der Waals surface area contributed by atoms with Gasteiger partial charge in [0.1, 0.15) is 0 Å². The molecule has 0 bridgehead atoms. The molecule has 5 heteroatoms. The van der Waals surface area contributed by atoms with Crippen molar-refractivity contribution in [3.05, 3.63) is 29.8 Å². The molecule has 2 atom stereocenters. The van der Waals surface area contributed by atoms with Crippen LogP contribution < -0.4 is 10.2 Å². The Morgan fingerprint density at radius 3 is 2.65 bits per heavy atom. The van der Waals surface area contributed by atoms with Crippen LogP contribution in [0.5, 0.6) is 0 Å². The smallest absolute Gasteiger partial charge is 0.227 e. The number of anilines is 1. The molecule has 2 amide bonds. The predicted octanol–water partition coefficient (Wildman–Crippen LogP) is 2.58. The highest BCUT2D eigenvalue weighted by atomic mass is 16.2. The van der Waals surface area contributed by atoms with E-state index in [-0.39, 0.29) is 17.7 Å². The van der Waals surface area contributed by atoms with Crippen LogP contribution in [0.4, 0.5) is 5.69 Å². The van der Waals surface area contributed by atoms with E-state index in [4.69, 9.17) is 0 Å². The number of nitrogens with zero attached hydrogens (tertiary/aromatic N) is 2. The van der Waals surface area contributed by atoms with E-state index in [2.05, 4.69) is 24.1 Å². The molecule has 0 aromatic heterocycles. The number of hydrogen-bond donors (Lipinski definition) is 1. The summed E-state index contributed by atoms with van der Waals surface area (Å²) < 4.78 is 0. The molecular formula is C21H31N3O2. The summed E-state index contributed by atoms with van der Waals surface area (Å²) in [5.41, 5.74) is 2.05. The predicted molar refractivity (Wildman–Crippen MR) is 104 cm³/mol. The summed E-state index contributed by atoms with van der Waals surface area (Å²) in [5.74, 6) is 0.335. The molecule has 2 aliphatic rings. The van der Waals surface area contributed by atoms with Gasteiger partial charge >= 0.3 is 0 Å². The third-order valence-electron chi connectivity index (χ3n) is 5.69. The molecule has 1 aromatic carbocycles. The van der Waals surface area contributed by atoms with E-state index in [0.717, 1.165) is 30.9 Å². The minimum absolute atomic E-state index is 0.0228. The molecule has 0 spiro atoms. The molecule has 0 aliphatic carbocycles. The number of likely N-dealkylation sites (tertiary alicyclic amines) is 1. The molecule has 26 heavy (non-hydrogen) atoms. The molecule has 2 aliphatic heterocycles. The molecule has 0 saturated carbocycles. The highest BCUT2D eigenvalue weighted by Crippen LogP contribution is 2.25. The molecule has 2 heterocycles. The molecule has 1 aromatic rings. The fourth-order valence-corrected chi connectivity index (χ4v) is 3.98. The van der Waals surface area contributed by atoms with Crippen LogP contribution in [-0.4, -0.2) is 48.9 Å². The monoisotopic (exact) mass is 357 g/mol. The van der Waals surface area contributed by atoms with Crippen molar-refractivity contribution in [2.24, 2.45) is 11.8 Å². The number of nitrogens with one attached hydrogen (secondary N) is 1. The summed E-state index contributed by atoms with van der Waals surface area (Å²) >= 11 is 0. The summed E-state index contributed by atoms with van der Waals surface area (Å²) in [4.78, 5) is 29.1. The lowest BCUT2D eigenvalue weighted by molar-refractivity contribution is -0.126. The molecule has 0 radical (unpaired) electrons. The first-order valence-electron chi connectivity index (χ1n) is 9.83. The maximum atomic E-state index is 12.6. The van der Waals surface area contributed by atoms with Gasteiger partial charge in [0.25, 0.3) is 0 Å². The van der Waals surface area contributed by atoms with Gasteiger partial charge in [-0.3, -0.25) is 9.59 Å². The number of aryl methyl sites for hydroxylation is 1. The molecule has 2 fully saturated rings. The second-order valence-electron chi connectivity index (χ2n) is 8.08. The fourth-order valence-electron chi connectivity index (χ4n) is 3.98. The van der Waals surface area contributed by atoms with Crippen LogP contribution in [-0.2, 0) is 9.59 Å². The zero-order chi connectivity index (χ0) is 18.7. The lowest BCUT2D eigenvalue weighted by Gasteiger charge is -2.35. The minimum Gasteiger partial charge on any atom is -0.355 e. The van der Waals surface area contributed by atoms with Crippen molar-refractivity contribution in [2.45, 2.75) is 46.1 Å². The fraction of sp³-hybridized carbons (Fsp3) is 0.619. The summed E-state index contributed by atoms with van der Waals surface area (Å²) in [7, 11) is 0. The van der Waals surface area contributed by atoms with Crippen molar-refractivity contribution in [1.29, 1.82) is 0 Å². The first-order chi connectivity index (χ1) is 12.4. The Balaban J connectivity index is 1.51. The van der Waals surface area contributed by atoms with Gasteiger partial charge in [0.05, 0.1) is 5.92 Å². The number of benzene rings is 1. The second-order valence-corrected chi connectivity index (χ2v) is 8.08. The van der Waals surface area contributed by atoms with Crippen LogP contribution in [0.2, 0.25) is 0 Å². The van der Waals surface area contributed by atoms with E-state index >= 15 is 0 Å². The van der Waals surface area contributed by atoms with Gasteiger partial charge in [0.15, 0.2) is 0 Å².